The third-order valence-corrected chi connectivity index (χ3v) is 3.10. The van der Waals surface area contributed by atoms with Gasteiger partial charge in [0.25, 0.3) is 0 Å². The molecule has 3 heteroatoms. The lowest BCUT2D eigenvalue weighted by molar-refractivity contribution is -0.151. The van der Waals surface area contributed by atoms with Crippen LogP contribution in [0.4, 0.5) is 4.39 Å². The minimum absolute atomic E-state index is 0.148. The SMILES string of the molecule is CC(C)C1(F)CN(C2COC2)C1. The van der Waals surface area contributed by atoms with Crippen molar-refractivity contribution < 1.29 is 9.13 Å². The van der Waals surface area contributed by atoms with Crippen LogP contribution in [0.25, 0.3) is 0 Å². The van der Waals surface area contributed by atoms with Crippen molar-refractivity contribution in [3.63, 3.8) is 0 Å². The topological polar surface area (TPSA) is 12.5 Å². The smallest absolute Gasteiger partial charge is 0.138 e. The van der Waals surface area contributed by atoms with Gasteiger partial charge in [-0.2, -0.15) is 0 Å². The van der Waals surface area contributed by atoms with Crippen molar-refractivity contribution in [1.82, 2.24) is 4.90 Å². The predicted octanol–water partition coefficient (Wildman–Crippen LogP) is 1.07. The lowest BCUT2D eigenvalue weighted by atomic mass is 9.83. The van der Waals surface area contributed by atoms with E-state index in [0.717, 1.165) is 13.2 Å². The van der Waals surface area contributed by atoms with Gasteiger partial charge in [-0.25, -0.2) is 4.39 Å². The van der Waals surface area contributed by atoms with E-state index in [9.17, 15) is 4.39 Å². The molecule has 0 aromatic heterocycles. The van der Waals surface area contributed by atoms with Crippen LogP contribution in [-0.4, -0.2) is 42.9 Å². The van der Waals surface area contributed by atoms with Gasteiger partial charge in [-0.3, -0.25) is 4.90 Å². The highest BCUT2D eigenvalue weighted by atomic mass is 19.1. The number of alkyl halides is 1. The van der Waals surface area contributed by atoms with Crippen LogP contribution in [0.15, 0.2) is 0 Å². The van der Waals surface area contributed by atoms with Gasteiger partial charge < -0.3 is 4.74 Å². The molecule has 2 nitrogen and oxygen atoms in total. The lowest BCUT2D eigenvalue weighted by Crippen LogP contribution is -2.68. The molecule has 2 fully saturated rings. The molecule has 2 saturated heterocycles. The highest BCUT2D eigenvalue weighted by molar-refractivity contribution is 5.01. The van der Waals surface area contributed by atoms with Crippen molar-refractivity contribution in [3.8, 4) is 0 Å². The molecule has 0 unspecified atom stereocenters. The fourth-order valence-electron chi connectivity index (χ4n) is 1.69. The van der Waals surface area contributed by atoms with Gasteiger partial charge in [0.2, 0.25) is 0 Å². The summed E-state index contributed by atoms with van der Waals surface area (Å²) >= 11 is 0. The summed E-state index contributed by atoms with van der Waals surface area (Å²) in [6.07, 6.45) is 0. The highest BCUT2D eigenvalue weighted by Gasteiger charge is 2.49. The van der Waals surface area contributed by atoms with Crippen LogP contribution >= 0.6 is 0 Å². The van der Waals surface area contributed by atoms with E-state index in [1.54, 1.807) is 0 Å². The molecule has 0 radical (unpaired) electrons. The van der Waals surface area contributed by atoms with E-state index in [0.29, 0.717) is 19.1 Å². The van der Waals surface area contributed by atoms with E-state index in [-0.39, 0.29) is 5.92 Å². The molecule has 2 aliphatic heterocycles. The Balaban J connectivity index is 1.81. The monoisotopic (exact) mass is 173 g/mol. The van der Waals surface area contributed by atoms with E-state index in [1.165, 1.54) is 0 Å². The molecule has 0 spiro atoms. The van der Waals surface area contributed by atoms with E-state index in [4.69, 9.17) is 4.74 Å². The largest absolute Gasteiger partial charge is 0.378 e. The van der Waals surface area contributed by atoms with Gasteiger partial charge in [-0.1, -0.05) is 13.8 Å². The molecule has 70 valence electrons. The number of nitrogens with zero attached hydrogens (tertiary/aromatic N) is 1. The second kappa shape index (κ2) is 2.67. The Morgan fingerprint density at radius 3 is 2.33 bits per heavy atom. The summed E-state index contributed by atoms with van der Waals surface area (Å²) in [6, 6.07) is 0.507. The molecule has 2 heterocycles. The third kappa shape index (κ3) is 1.15. The molecule has 0 aliphatic carbocycles. The normalized spacial score (nSPS) is 30.0. The zero-order valence-corrected chi connectivity index (χ0v) is 7.72. The molecular formula is C9H16FNO. The van der Waals surface area contributed by atoms with E-state index in [2.05, 4.69) is 4.90 Å². The molecule has 0 N–H and O–H groups in total. The van der Waals surface area contributed by atoms with Crippen molar-refractivity contribution in [2.24, 2.45) is 5.92 Å². The summed E-state index contributed by atoms with van der Waals surface area (Å²) in [5.74, 6) is 0.148. The average molecular weight is 173 g/mol. The van der Waals surface area contributed by atoms with E-state index >= 15 is 0 Å². The van der Waals surface area contributed by atoms with Gasteiger partial charge in [0.1, 0.15) is 5.67 Å². The summed E-state index contributed by atoms with van der Waals surface area (Å²) in [6.45, 7) is 6.73. The Morgan fingerprint density at radius 2 is 2.00 bits per heavy atom. The number of hydrogen-bond donors (Lipinski definition) is 0. The molecule has 0 aromatic rings. The number of likely N-dealkylation sites (tertiary alicyclic amines) is 1. The minimum Gasteiger partial charge on any atom is -0.378 e. The molecule has 0 amide bonds. The van der Waals surface area contributed by atoms with Crippen molar-refractivity contribution in [3.05, 3.63) is 0 Å². The second-order valence-corrected chi connectivity index (χ2v) is 4.29. The summed E-state index contributed by atoms with van der Waals surface area (Å²) in [4.78, 5) is 2.18. The Bertz CT molecular complexity index is 173. The zero-order chi connectivity index (χ0) is 8.77. The maximum absolute atomic E-state index is 13.7. The molecule has 0 saturated carbocycles. The van der Waals surface area contributed by atoms with Crippen LogP contribution in [-0.2, 0) is 4.74 Å². The van der Waals surface area contributed by atoms with E-state index < -0.39 is 5.67 Å². The molecule has 0 atom stereocenters. The van der Waals surface area contributed by atoms with Gasteiger partial charge in [0, 0.05) is 13.1 Å². The van der Waals surface area contributed by atoms with Crippen LogP contribution in [0, 0.1) is 5.92 Å². The molecule has 12 heavy (non-hydrogen) atoms. The standard InChI is InChI=1S/C9H16FNO/c1-7(2)9(10)5-11(6-9)8-3-12-4-8/h7-8H,3-6H2,1-2H3. The summed E-state index contributed by atoms with van der Waals surface area (Å²) in [7, 11) is 0. The van der Waals surface area contributed by atoms with Gasteiger partial charge >= 0.3 is 0 Å². The van der Waals surface area contributed by atoms with Gasteiger partial charge in [-0.15, -0.1) is 0 Å². The summed E-state index contributed by atoms with van der Waals surface area (Å²) in [5.41, 5.74) is -0.921. The average Bonchev–Trinajstić information content (AvgIpc) is 1.79. The van der Waals surface area contributed by atoms with Gasteiger partial charge in [0.15, 0.2) is 0 Å². The predicted molar refractivity (Wildman–Crippen MR) is 44.9 cm³/mol. The zero-order valence-electron chi connectivity index (χ0n) is 7.72. The summed E-state index contributed by atoms with van der Waals surface area (Å²) < 4.78 is 18.8. The number of ether oxygens (including phenoxy) is 1. The first-order valence-electron chi connectivity index (χ1n) is 4.62. The lowest BCUT2D eigenvalue weighted by Gasteiger charge is -2.52. The van der Waals surface area contributed by atoms with Crippen LogP contribution in [0.2, 0.25) is 0 Å². The Labute approximate surface area is 72.7 Å². The fraction of sp³-hybridized carbons (Fsp3) is 1.00. The van der Waals surface area contributed by atoms with Crippen molar-refractivity contribution in [1.29, 1.82) is 0 Å². The van der Waals surface area contributed by atoms with Crippen molar-refractivity contribution >= 4 is 0 Å². The second-order valence-electron chi connectivity index (χ2n) is 4.29. The van der Waals surface area contributed by atoms with Crippen LogP contribution < -0.4 is 0 Å². The van der Waals surface area contributed by atoms with Crippen molar-refractivity contribution in [2.45, 2.75) is 25.6 Å². The van der Waals surface area contributed by atoms with Crippen LogP contribution in [0.3, 0.4) is 0 Å². The van der Waals surface area contributed by atoms with Crippen LogP contribution in [0.5, 0.6) is 0 Å². The quantitative estimate of drug-likeness (QED) is 0.619. The Kier molecular flexibility index (Phi) is 1.88. The van der Waals surface area contributed by atoms with Gasteiger partial charge in [-0.05, 0) is 5.92 Å². The Morgan fingerprint density at radius 1 is 1.42 bits per heavy atom. The fourth-order valence-corrected chi connectivity index (χ4v) is 1.69. The Hall–Kier alpha value is -0.150. The molecule has 2 rings (SSSR count). The first-order chi connectivity index (χ1) is 5.62. The first kappa shape index (κ1) is 8.45. The van der Waals surface area contributed by atoms with Crippen molar-refractivity contribution in [2.75, 3.05) is 26.3 Å². The first-order valence-corrected chi connectivity index (χ1v) is 4.62. The molecule has 2 aliphatic rings. The third-order valence-electron chi connectivity index (χ3n) is 3.10. The number of rotatable bonds is 2. The minimum atomic E-state index is -0.921. The van der Waals surface area contributed by atoms with Gasteiger partial charge in [0.05, 0.1) is 19.3 Å². The van der Waals surface area contributed by atoms with E-state index in [1.807, 2.05) is 13.8 Å². The highest BCUT2D eigenvalue weighted by Crippen LogP contribution is 2.35. The molecular weight excluding hydrogens is 157 g/mol. The number of halogens is 1. The number of hydrogen-bond acceptors (Lipinski definition) is 2. The maximum atomic E-state index is 13.7. The van der Waals surface area contributed by atoms with Crippen LogP contribution in [0.1, 0.15) is 13.8 Å². The molecule has 0 aromatic carbocycles. The maximum Gasteiger partial charge on any atom is 0.138 e. The molecule has 0 bridgehead atoms. The summed E-state index contributed by atoms with van der Waals surface area (Å²) in [5, 5.41) is 0.